The smallest absolute Gasteiger partial charge is 0.332 e. The Labute approximate surface area is 139 Å². The van der Waals surface area contributed by atoms with Crippen LogP contribution in [-0.4, -0.2) is 30.9 Å². The van der Waals surface area contributed by atoms with Gasteiger partial charge in [-0.25, -0.2) is 4.79 Å². The van der Waals surface area contributed by atoms with Crippen molar-refractivity contribution in [2.45, 2.75) is 58.3 Å². The summed E-state index contributed by atoms with van der Waals surface area (Å²) in [7, 11) is 0. The van der Waals surface area contributed by atoms with Crippen molar-refractivity contribution in [1.82, 2.24) is 0 Å². The molecule has 0 bridgehead atoms. The normalized spacial score (nSPS) is 20.8. The molecule has 2 rings (SSSR count). The molecule has 1 fully saturated rings. The van der Waals surface area contributed by atoms with Crippen LogP contribution >= 0.6 is 0 Å². The Kier molecular flexibility index (Phi) is 6.60. The van der Waals surface area contributed by atoms with Crippen molar-refractivity contribution in [3.63, 3.8) is 0 Å². The molecule has 1 saturated carbocycles. The maximum absolute atomic E-state index is 11.5. The van der Waals surface area contributed by atoms with Gasteiger partial charge in [-0.3, -0.25) is 0 Å². The first-order valence-electron chi connectivity index (χ1n) is 8.37. The molecule has 1 aliphatic rings. The van der Waals surface area contributed by atoms with E-state index >= 15 is 0 Å². The molecule has 128 valence electrons. The van der Waals surface area contributed by atoms with E-state index < -0.39 is 5.60 Å². The fraction of sp³-hybridized carbons (Fsp3) is 0.632. The summed E-state index contributed by atoms with van der Waals surface area (Å²) in [5.41, 5.74) is 0.772. The Morgan fingerprint density at radius 3 is 2.52 bits per heavy atom. The minimum Gasteiger partial charge on any atom is -0.458 e. The van der Waals surface area contributed by atoms with Crippen molar-refractivity contribution >= 4 is 5.97 Å². The van der Waals surface area contributed by atoms with Crippen LogP contribution < -0.4 is 0 Å². The molecule has 0 aliphatic heterocycles. The van der Waals surface area contributed by atoms with Crippen molar-refractivity contribution in [3.8, 4) is 0 Å². The SMILES string of the molecule is CC(C)(C)OC(=O)COCCC1CC(OCc2ccccc2)C1. The van der Waals surface area contributed by atoms with Gasteiger partial charge in [0.1, 0.15) is 12.2 Å². The highest BCUT2D eigenvalue weighted by Crippen LogP contribution is 2.33. The van der Waals surface area contributed by atoms with Gasteiger partial charge in [-0.15, -0.1) is 0 Å². The minimum atomic E-state index is -0.447. The average molecular weight is 320 g/mol. The minimum absolute atomic E-state index is 0.0396. The molecular formula is C19H28O4. The molecular weight excluding hydrogens is 292 g/mol. The molecule has 0 saturated heterocycles. The second-order valence-electron chi connectivity index (χ2n) is 7.18. The highest BCUT2D eigenvalue weighted by atomic mass is 16.6. The summed E-state index contributed by atoms with van der Waals surface area (Å²) in [6, 6.07) is 10.2. The molecule has 0 radical (unpaired) electrons. The van der Waals surface area contributed by atoms with Crippen LogP contribution in [0, 0.1) is 5.92 Å². The Hall–Kier alpha value is -1.39. The molecule has 1 aliphatic carbocycles. The molecule has 0 spiro atoms. The first-order chi connectivity index (χ1) is 10.9. The summed E-state index contributed by atoms with van der Waals surface area (Å²) in [5.74, 6) is 0.351. The molecule has 0 atom stereocenters. The second-order valence-corrected chi connectivity index (χ2v) is 7.18. The summed E-state index contributed by atoms with van der Waals surface area (Å²) in [4.78, 5) is 11.5. The summed E-state index contributed by atoms with van der Waals surface area (Å²) in [5, 5.41) is 0. The number of ether oxygens (including phenoxy) is 3. The van der Waals surface area contributed by atoms with Crippen LogP contribution in [0.15, 0.2) is 30.3 Å². The van der Waals surface area contributed by atoms with Gasteiger partial charge in [-0.05, 0) is 51.5 Å². The molecule has 1 aromatic carbocycles. The summed E-state index contributed by atoms with van der Waals surface area (Å²) < 4.78 is 16.5. The topological polar surface area (TPSA) is 44.8 Å². The van der Waals surface area contributed by atoms with Crippen LogP contribution in [-0.2, 0) is 25.6 Å². The van der Waals surface area contributed by atoms with Gasteiger partial charge in [0.25, 0.3) is 0 Å². The van der Waals surface area contributed by atoms with E-state index in [0.29, 0.717) is 25.2 Å². The monoisotopic (exact) mass is 320 g/mol. The standard InChI is InChI=1S/C19H28O4/c1-19(2,3)23-18(20)14-21-10-9-16-11-17(12-16)22-13-15-7-5-4-6-8-15/h4-8,16-17H,9-14H2,1-3H3. The number of esters is 1. The van der Waals surface area contributed by atoms with Crippen molar-refractivity contribution in [3.05, 3.63) is 35.9 Å². The predicted octanol–water partition coefficient (Wildman–Crippen LogP) is 3.73. The van der Waals surface area contributed by atoms with Crippen LogP contribution in [0.2, 0.25) is 0 Å². The van der Waals surface area contributed by atoms with Gasteiger partial charge >= 0.3 is 5.97 Å². The van der Waals surface area contributed by atoms with E-state index in [0.717, 1.165) is 19.3 Å². The second kappa shape index (κ2) is 8.46. The highest BCUT2D eigenvalue weighted by Gasteiger charge is 2.29. The molecule has 4 heteroatoms. The highest BCUT2D eigenvalue weighted by molar-refractivity contribution is 5.71. The molecule has 0 aromatic heterocycles. The maximum Gasteiger partial charge on any atom is 0.332 e. The molecule has 1 aromatic rings. The Morgan fingerprint density at radius 2 is 1.87 bits per heavy atom. The zero-order valence-corrected chi connectivity index (χ0v) is 14.4. The molecule has 0 amide bonds. The summed E-state index contributed by atoms with van der Waals surface area (Å²) in [6.07, 6.45) is 3.52. The first-order valence-corrected chi connectivity index (χ1v) is 8.37. The fourth-order valence-electron chi connectivity index (χ4n) is 2.61. The van der Waals surface area contributed by atoms with E-state index in [1.807, 2.05) is 39.0 Å². The number of hydrogen-bond acceptors (Lipinski definition) is 4. The number of hydrogen-bond donors (Lipinski definition) is 0. The summed E-state index contributed by atoms with van der Waals surface area (Å²) in [6.45, 7) is 6.90. The lowest BCUT2D eigenvalue weighted by atomic mass is 9.80. The quantitative estimate of drug-likeness (QED) is 0.541. The van der Waals surface area contributed by atoms with Gasteiger partial charge in [0.15, 0.2) is 0 Å². The fourth-order valence-corrected chi connectivity index (χ4v) is 2.61. The molecule has 23 heavy (non-hydrogen) atoms. The van der Waals surface area contributed by atoms with Gasteiger partial charge in [-0.1, -0.05) is 30.3 Å². The third kappa shape index (κ3) is 7.14. The number of carbonyl (C=O) groups is 1. The third-order valence-electron chi connectivity index (χ3n) is 3.83. The third-order valence-corrected chi connectivity index (χ3v) is 3.83. The van der Waals surface area contributed by atoms with Crippen molar-refractivity contribution in [2.24, 2.45) is 5.92 Å². The maximum atomic E-state index is 11.5. The summed E-state index contributed by atoms with van der Waals surface area (Å²) >= 11 is 0. The van der Waals surface area contributed by atoms with E-state index in [-0.39, 0.29) is 12.6 Å². The van der Waals surface area contributed by atoms with E-state index in [2.05, 4.69) is 12.1 Å². The largest absolute Gasteiger partial charge is 0.458 e. The van der Waals surface area contributed by atoms with E-state index in [9.17, 15) is 4.79 Å². The van der Waals surface area contributed by atoms with Crippen LogP contribution in [0.1, 0.15) is 45.6 Å². The zero-order valence-electron chi connectivity index (χ0n) is 14.4. The van der Waals surface area contributed by atoms with Gasteiger partial charge < -0.3 is 14.2 Å². The van der Waals surface area contributed by atoms with Crippen molar-refractivity contribution in [1.29, 1.82) is 0 Å². The number of benzene rings is 1. The lowest BCUT2D eigenvalue weighted by Crippen LogP contribution is -2.32. The van der Waals surface area contributed by atoms with Crippen LogP contribution in [0.4, 0.5) is 0 Å². The van der Waals surface area contributed by atoms with Crippen molar-refractivity contribution in [2.75, 3.05) is 13.2 Å². The zero-order chi connectivity index (χ0) is 16.7. The predicted molar refractivity (Wildman–Crippen MR) is 89.0 cm³/mol. The van der Waals surface area contributed by atoms with Crippen LogP contribution in [0.5, 0.6) is 0 Å². The first kappa shape index (κ1) is 18.0. The lowest BCUT2D eigenvalue weighted by molar-refractivity contribution is -0.160. The molecule has 4 nitrogen and oxygen atoms in total. The van der Waals surface area contributed by atoms with Gasteiger partial charge in [-0.2, -0.15) is 0 Å². The van der Waals surface area contributed by atoms with Gasteiger partial charge in [0.05, 0.1) is 12.7 Å². The van der Waals surface area contributed by atoms with Crippen molar-refractivity contribution < 1.29 is 19.0 Å². The molecule has 0 heterocycles. The van der Waals surface area contributed by atoms with Crippen LogP contribution in [0.25, 0.3) is 0 Å². The Morgan fingerprint density at radius 1 is 1.17 bits per heavy atom. The van der Waals surface area contributed by atoms with E-state index in [1.54, 1.807) is 0 Å². The number of carbonyl (C=O) groups excluding carboxylic acids is 1. The van der Waals surface area contributed by atoms with Crippen LogP contribution in [0.3, 0.4) is 0 Å². The molecule has 0 unspecified atom stereocenters. The Bertz CT molecular complexity index is 472. The molecule has 0 N–H and O–H groups in total. The van der Waals surface area contributed by atoms with E-state index in [4.69, 9.17) is 14.2 Å². The average Bonchev–Trinajstić information content (AvgIpc) is 2.43. The Balaban J connectivity index is 1.48. The van der Waals surface area contributed by atoms with Gasteiger partial charge in [0, 0.05) is 6.61 Å². The van der Waals surface area contributed by atoms with E-state index in [1.165, 1.54) is 5.56 Å². The van der Waals surface area contributed by atoms with Gasteiger partial charge in [0.2, 0.25) is 0 Å². The number of rotatable bonds is 8. The lowest BCUT2D eigenvalue weighted by Gasteiger charge is -2.35.